The highest BCUT2D eigenvalue weighted by molar-refractivity contribution is 8.00. The number of thioether (sulfide) groups is 1. The maximum Gasteiger partial charge on any atom is 0.232 e. The molecule has 0 radical (unpaired) electrons. The van der Waals surface area contributed by atoms with Crippen LogP contribution in [-0.2, 0) is 12.3 Å². The molecule has 2 heterocycles. The number of nitrogens with zero attached hydrogens (tertiary/aromatic N) is 5. The Kier molecular flexibility index (Phi) is 6.75. The van der Waals surface area contributed by atoms with Gasteiger partial charge in [-0.2, -0.15) is 15.0 Å². The second-order valence-corrected chi connectivity index (χ2v) is 8.84. The molecule has 0 saturated heterocycles. The van der Waals surface area contributed by atoms with Gasteiger partial charge in [-0.3, -0.25) is 0 Å². The number of benzene rings is 2. The minimum absolute atomic E-state index is 0.126. The van der Waals surface area contributed by atoms with Crippen LogP contribution in [0.5, 0.6) is 0 Å². The van der Waals surface area contributed by atoms with Crippen molar-refractivity contribution in [3.63, 3.8) is 0 Å². The highest BCUT2D eigenvalue weighted by Crippen LogP contribution is 2.28. The second kappa shape index (κ2) is 9.86. The normalized spacial score (nSPS) is 10.8. The summed E-state index contributed by atoms with van der Waals surface area (Å²) in [5.41, 5.74) is 7.56. The van der Waals surface area contributed by atoms with E-state index in [9.17, 15) is 4.39 Å². The first-order valence-corrected chi connectivity index (χ1v) is 11.2. The van der Waals surface area contributed by atoms with Crippen molar-refractivity contribution in [2.75, 3.05) is 16.4 Å². The monoisotopic (exact) mass is 474 g/mol. The van der Waals surface area contributed by atoms with Crippen LogP contribution in [0.3, 0.4) is 0 Å². The van der Waals surface area contributed by atoms with Crippen LogP contribution in [0.2, 0.25) is 5.02 Å². The quantitative estimate of drug-likeness (QED) is 0.311. The fourth-order valence-corrected chi connectivity index (χ4v) is 4.20. The van der Waals surface area contributed by atoms with E-state index in [-0.39, 0.29) is 11.8 Å². The summed E-state index contributed by atoms with van der Waals surface area (Å²) in [7, 11) is 0. The van der Waals surface area contributed by atoms with Crippen LogP contribution >= 0.6 is 34.7 Å². The number of hydrogen-bond donors (Lipinski definition) is 3. The number of anilines is 4. The molecule has 0 fully saturated rings. The van der Waals surface area contributed by atoms with E-state index in [0.29, 0.717) is 34.2 Å². The zero-order valence-electron chi connectivity index (χ0n) is 15.9. The van der Waals surface area contributed by atoms with Gasteiger partial charge in [0.05, 0.1) is 5.75 Å². The van der Waals surface area contributed by atoms with Gasteiger partial charge < -0.3 is 16.4 Å². The van der Waals surface area contributed by atoms with E-state index in [1.54, 1.807) is 24.3 Å². The third-order valence-corrected chi connectivity index (χ3v) is 6.15. The average molecular weight is 475 g/mol. The lowest BCUT2D eigenvalue weighted by Crippen LogP contribution is -2.06. The summed E-state index contributed by atoms with van der Waals surface area (Å²) in [5.74, 6) is 1.19. The first kappa shape index (κ1) is 21.2. The molecule has 4 N–H and O–H groups in total. The Labute approximate surface area is 190 Å². The SMILES string of the molecule is Nc1nc(CSc2nnc(NCc3ccc(F)cc3)s2)nc(Nc2ccc(Cl)cc2)n1. The summed E-state index contributed by atoms with van der Waals surface area (Å²) in [5, 5.41) is 15.8. The molecule has 31 heavy (non-hydrogen) atoms. The number of halogens is 2. The van der Waals surface area contributed by atoms with Crippen molar-refractivity contribution in [1.82, 2.24) is 25.1 Å². The molecule has 0 unspecified atom stereocenters. The molecule has 0 atom stereocenters. The largest absolute Gasteiger partial charge is 0.368 e. The zero-order valence-corrected chi connectivity index (χ0v) is 18.3. The lowest BCUT2D eigenvalue weighted by Gasteiger charge is -2.07. The molecule has 0 aliphatic carbocycles. The van der Waals surface area contributed by atoms with Crippen molar-refractivity contribution in [3.8, 4) is 0 Å². The number of hydrogen-bond acceptors (Lipinski definition) is 10. The van der Waals surface area contributed by atoms with Crippen molar-refractivity contribution in [2.24, 2.45) is 0 Å². The van der Waals surface area contributed by atoms with Crippen LogP contribution in [0.25, 0.3) is 0 Å². The van der Waals surface area contributed by atoms with E-state index in [2.05, 4.69) is 35.8 Å². The third-order valence-electron chi connectivity index (χ3n) is 3.89. The molecule has 0 bridgehead atoms. The molecule has 0 aliphatic rings. The fourth-order valence-electron chi connectivity index (χ4n) is 2.47. The third kappa shape index (κ3) is 6.23. The highest BCUT2D eigenvalue weighted by Gasteiger charge is 2.09. The molecule has 12 heteroatoms. The van der Waals surface area contributed by atoms with Gasteiger partial charge in [-0.25, -0.2) is 4.39 Å². The van der Waals surface area contributed by atoms with Gasteiger partial charge in [0.25, 0.3) is 0 Å². The Bertz CT molecular complexity index is 1150. The topological polar surface area (TPSA) is 115 Å². The minimum atomic E-state index is -0.260. The molecular formula is C19H16ClFN8S2. The molecule has 0 spiro atoms. The lowest BCUT2D eigenvalue weighted by atomic mass is 10.2. The zero-order chi connectivity index (χ0) is 21.6. The molecular weight excluding hydrogens is 459 g/mol. The van der Waals surface area contributed by atoms with Crippen LogP contribution in [0, 0.1) is 5.82 Å². The van der Waals surface area contributed by atoms with Gasteiger partial charge in [-0.1, -0.05) is 46.8 Å². The van der Waals surface area contributed by atoms with Crippen LogP contribution in [0.15, 0.2) is 52.9 Å². The van der Waals surface area contributed by atoms with Gasteiger partial charge in [0.15, 0.2) is 4.34 Å². The summed E-state index contributed by atoms with van der Waals surface area (Å²) in [6.07, 6.45) is 0. The average Bonchev–Trinajstić information content (AvgIpc) is 3.21. The van der Waals surface area contributed by atoms with Crippen LogP contribution in [0.4, 0.5) is 27.1 Å². The molecule has 8 nitrogen and oxygen atoms in total. The van der Waals surface area contributed by atoms with E-state index in [1.807, 2.05) is 12.1 Å². The Morgan fingerprint density at radius 2 is 1.77 bits per heavy atom. The summed E-state index contributed by atoms with van der Waals surface area (Å²) in [4.78, 5) is 12.7. The number of rotatable bonds is 8. The molecule has 158 valence electrons. The second-order valence-electron chi connectivity index (χ2n) is 6.21. The van der Waals surface area contributed by atoms with Crippen molar-refractivity contribution < 1.29 is 4.39 Å². The van der Waals surface area contributed by atoms with E-state index in [0.717, 1.165) is 15.6 Å². The fraction of sp³-hybridized carbons (Fsp3) is 0.105. The Hall–Kier alpha value is -3.02. The molecule has 0 amide bonds. The highest BCUT2D eigenvalue weighted by atomic mass is 35.5. The van der Waals surface area contributed by atoms with Crippen LogP contribution in [0.1, 0.15) is 11.4 Å². The van der Waals surface area contributed by atoms with Gasteiger partial charge >= 0.3 is 0 Å². The molecule has 2 aromatic carbocycles. The first-order valence-electron chi connectivity index (χ1n) is 9.01. The number of aromatic nitrogens is 5. The van der Waals surface area contributed by atoms with Crippen molar-refractivity contribution >= 4 is 57.4 Å². The van der Waals surface area contributed by atoms with Crippen LogP contribution in [-0.4, -0.2) is 25.1 Å². The number of nitrogen functional groups attached to an aromatic ring is 1. The molecule has 0 aliphatic heterocycles. The lowest BCUT2D eigenvalue weighted by molar-refractivity contribution is 0.627. The minimum Gasteiger partial charge on any atom is -0.368 e. The van der Waals surface area contributed by atoms with Crippen LogP contribution < -0.4 is 16.4 Å². The summed E-state index contributed by atoms with van der Waals surface area (Å²) < 4.78 is 13.7. The van der Waals surface area contributed by atoms with Gasteiger partial charge in [0.2, 0.25) is 17.0 Å². The Morgan fingerprint density at radius 3 is 2.55 bits per heavy atom. The maximum atomic E-state index is 13.0. The predicted molar refractivity (Wildman–Crippen MR) is 122 cm³/mol. The molecule has 4 rings (SSSR count). The number of nitrogens with two attached hydrogens (primary N) is 1. The smallest absolute Gasteiger partial charge is 0.232 e. The van der Waals surface area contributed by atoms with Crippen molar-refractivity contribution in [1.29, 1.82) is 0 Å². The van der Waals surface area contributed by atoms with Crippen molar-refractivity contribution in [3.05, 3.63) is 70.8 Å². The van der Waals surface area contributed by atoms with Crippen molar-refractivity contribution in [2.45, 2.75) is 16.6 Å². The summed E-state index contributed by atoms with van der Waals surface area (Å²) in [6.45, 7) is 0.531. The maximum absolute atomic E-state index is 13.0. The molecule has 0 saturated carbocycles. The Balaban J connectivity index is 1.34. The van der Waals surface area contributed by atoms with Gasteiger partial charge in [0.1, 0.15) is 11.6 Å². The Morgan fingerprint density at radius 1 is 1.00 bits per heavy atom. The number of nitrogens with one attached hydrogen (secondary N) is 2. The first-order chi connectivity index (χ1) is 15.0. The van der Waals surface area contributed by atoms with Gasteiger partial charge in [0, 0.05) is 17.3 Å². The molecule has 2 aromatic heterocycles. The van der Waals surface area contributed by atoms with E-state index in [4.69, 9.17) is 17.3 Å². The summed E-state index contributed by atoms with van der Waals surface area (Å²) >= 11 is 8.76. The predicted octanol–water partition coefficient (Wildman–Crippen LogP) is 4.75. The van der Waals surface area contributed by atoms with E-state index in [1.165, 1.54) is 35.2 Å². The van der Waals surface area contributed by atoms with Gasteiger partial charge in [-0.15, -0.1) is 10.2 Å². The standard InChI is InChI=1S/C19H16ClFN8S2/c20-12-3-7-14(8-4-12)24-17-26-15(25-16(22)27-17)10-30-19-29-28-18(31-19)23-9-11-1-5-13(21)6-2-11/h1-8H,9-10H2,(H,23,28)(H3,22,24,25,26,27). The van der Waals surface area contributed by atoms with E-state index >= 15 is 0 Å². The molecule has 4 aromatic rings. The summed E-state index contributed by atoms with van der Waals surface area (Å²) in [6, 6.07) is 13.5. The van der Waals surface area contributed by atoms with E-state index < -0.39 is 0 Å². The van der Waals surface area contributed by atoms with Gasteiger partial charge in [-0.05, 0) is 42.0 Å².